The summed E-state index contributed by atoms with van der Waals surface area (Å²) in [5.41, 5.74) is 2.37. The van der Waals surface area contributed by atoms with Crippen molar-refractivity contribution in [3.8, 4) is 6.07 Å². The number of nitrogens with one attached hydrogen (secondary N) is 1. The molecule has 0 fully saturated rings. The van der Waals surface area contributed by atoms with Crippen LogP contribution in [0.4, 0.5) is 11.4 Å². The maximum atomic E-state index is 8.78. The van der Waals surface area contributed by atoms with Gasteiger partial charge in [0.25, 0.3) is 0 Å². The van der Waals surface area contributed by atoms with Gasteiger partial charge in [-0.1, -0.05) is 19.1 Å². The third-order valence-corrected chi connectivity index (χ3v) is 2.66. The van der Waals surface area contributed by atoms with Gasteiger partial charge in [-0.05, 0) is 18.6 Å². The minimum absolute atomic E-state index is 0.146. The van der Waals surface area contributed by atoms with E-state index >= 15 is 0 Å². The Balaban J connectivity index is 2.26. The molecule has 1 N–H and O–H groups in total. The lowest BCUT2D eigenvalue weighted by Gasteiger charge is -2.24. The predicted molar refractivity (Wildman–Crippen MR) is 61.7 cm³/mol. The maximum absolute atomic E-state index is 8.78. The lowest BCUT2D eigenvalue weighted by Crippen LogP contribution is -2.35. The molecule has 0 amide bonds. The molecule has 0 saturated heterocycles. The molecule has 3 nitrogen and oxygen atoms in total. The van der Waals surface area contributed by atoms with Gasteiger partial charge in [-0.15, -0.1) is 0 Å². The zero-order valence-corrected chi connectivity index (χ0v) is 8.90. The molecule has 0 radical (unpaired) electrons. The van der Waals surface area contributed by atoms with Gasteiger partial charge in [-0.25, -0.2) is 0 Å². The van der Waals surface area contributed by atoms with Crippen molar-refractivity contribution >= 4 is 11.4 Å². The molecule has 1 heterocycles. The van der Waals surface area contributed by atoms with Crippen molar-refractivity contribution in [1.29, 1.82) is 5.26 Å². The lowest BCUT2D eigenvalue weighted by atomic mass is 10.2. The van der Waals surface area contributed by atoms with Crippen molar-refractivity contribution in [3.63, 3.8) is 0 Å². The summed E-state index contributed by atoms with van der Waals surface area (Å²) >= 11 is 0. The number of hydrogen-bond donors (Lipinski definition) is 1. The van der Waals surface area contributed by atoms with E-state index in [9.17, 15) is 0 Å². The molecule has 1 atom stereocenters. The highest BCUT2D eigenvalue weighted by Gasteiger charge is 2.26. The first kappa shape index (κ1) is 9.85. The van der Waals surface area contributed by atoms with E-state index in [1.54, 1.807) is 0 Å². The van der Waals surface area contributed by atoms with Crippen LogP contribution in [-0.4, -0.2) is 12.7 Å². The summed E-state index contributed by atoms with van der Waals surface area (Å²) in [5.74, 6) is 0. The van der Waals surface area contributed by atoms with E-state index in [1.165, 1.54) is 5.69 Å². The van der Waals surface area contributed by atoms with Gasteiger partial charge < -0.3 is 10.2 Å². The van der Waals surface area contributed by atoms with Crippen molar-refractivity contribution < 1.29 is 0 Å². The SMILES string of the molecule is CCCN1c2ccccc2NC1CC#N. The van der Waals surface area contributed by atoms with E-state index in [4.69, 9.17) is 5.26 Å². The molecule has 78 valence electrons. The Bertz CT molecular complexity index is 381. The molecule has 1 aliphatic rings. The van der Waals surface area contributed by atoms with Crippen molar-refractivity contribution in [2.45, 2.75) is 25.9 Å². The van der Waals surface area contributed by atoms with E-state index in [0.29, 0.717) is 6.42 Å². The summed E-state index contributed by atoms with van der Waals surface area (Å²) in [6.45, 7) is 3.15. The van der Waals surface area contributed by atoms with E-state index < -0.39 is 0 Å². The molecular weight excluding hydrogens is 186 g/mol. The number of rotatable bonds is 3. The van der Waals surface area contributed by atoms with E-state index in [-0.39, 0.29) is 6.17 Å². The van der Waals surface area contributed by atoms with Crippen molar-refractivity contribution in [3.05, 3.63) is 24.3 Å². The molecule has 15 heavy (non-hydrogen) atoms. The zero-order chi connectivity index (χ0) is 10.7. The number of anilines is 2. The molecule has 3 heteroatoms. The minimum Gasteiger partial charge on any atom is -0.363 e. The molecule has 0 spiro atoms. The third-order valence-electron chi connectivity index (χ3n) is 2.66. The van der Waals surface area contributed by atoms with Gasteiger partial charge in [-0.2, -0.15) is 5.26 Å². The van der Waals surface area contributed by atoms with Crippen LogP contribution in [0.15, 0.2) is 24.3 Å². The number of benzene rings is 1. The molecule has 1 aromatic rings. The first-order valence-electron chi connectivity index (χ1n) is 5.36. The van der Waals surface area contributed by atoms with Gasteiger partial charge in [0.1, 0.15) is 6.17 Å². The first-order valence-corrected chi connectivity index (χ1v) is 5.36. The molecule has 2 rings (SSSR count). The molecule has 1 unspecified atom stereocenters. The predicted octanol–water partition coefficient (Wildman–Crippen LogP) is 2.57. The number of nitrogens with zero attached hydrogens (tertiary/aromatic N) is 2. The molecule has 0 aliphatic carbocycles. The Labute approximate surface area is 90.3 Å². The largest absolute Gasteiger partial charge is 0.363 e. The van der Waals surface area contributed by atoms with Crippen molar-refractivity contribution in [1.82, 2.24) is 0 Å². The van der Waals surface area contributed by atoms with Gasteiger partial charge in [-0.3, -0.25) is 0 Å². The fraction of sp³-hybridized carbons (Fsp3) is 0.417. The number of fused-ring (bicyclic) bond motifs is 1. The van der Waals surface area contributed by atoms with Crippen LogP contribution in [0.1, 0.15) is 19.8 Å². The van der Waals surface area contributed by atoms with Crippen LogP contribution < -0.4 is 10.2 Å². The molecule has 0 saturated carbocycles. The highest BCUT2D eigenvalue weighted by atomic mass is 15.3. The average molecular weight is 201 g/mol. The monoisotopic (exact) mass is 201 g/mol. The smallest absolute Gasteiger partial charge is 0.112 e. The fourth-order valence-corrected chi connectivity index (χ4v) is 2.04. The van der Waals surface area contributed by atoms with Crippen LogP contribution in [0.3, 0.4) is 0 Å². The minimum atomic E-state index is 0.146. The maximum Gasteiger partial charge on any atom is 0.112 e. The fourth-order valence-electron chi connectivity index (χ4n) is 2.04. The molecular formula is C12H15N3. The summed E-state index contributed by atoms with van der Waals surface area (Å²) in [4.78, 5) is 2.28. The van der Waals surface area contributed by atoms with Gasteiger partial charge in [0.15, 0.2) is 0 Å². The first-order chi connectivity index (χ1) is 7.36. The second-order valence-electron chi connectivity index (χ2n) is 3.73. The Morgan fingerprint density at radius 2 is 2.27 bits per heavy atom. The normalized spacial score (nSPS) is 18.1. The third kappa shape index (κ3) is 1.75. The Kier molecular flexibility index (Phi) is 2.77. The second kappa shape index (κ2) is 4.22. The van der Waals surface area contributed by atoms with E-state index in [2.05, 4.69) is 35.3 Å². The zero-order valence-electron chi connectivity index (χ0n) is 8.90. The quantitative estimate of drug-likeness (QED) is 0.816. The highest BCUT2D eigenvalue weighted by molar-refractivity contribution is 5.75. The van der Waals surface area contributed by atoms with Gasteiger partial charge in [0.05, 0.1) is 23.9 Å². The Morgan fingerprint density at radius 1 is 1.47 bits per heavy atom. The van der Waals surface area contributed by atoms with Crippen LogP contribution in [-0.2, 0) is 0 Å². The molecule has 1 aromatic carbocycles. The van der Waals surface area contributed by atoms with E-state index in [1.807, 2.05) is 12.1 Å². The van der Waals surface area contributed by atoms with Crippen LogP contribution in [0.2, 0.25) is 0 Å². The summed E-state index contributed by atoms with van der Waals surface area (Å²) < 4.78 is 0. The molecule has 0 aromatic heterocycles. The number of nitriles is 1. The summed E-state index contributed by atoms with van der Waals surface area (Å²) in [7, 11) is 0. The molecule has 0 bridgehead atoms. The van der Waals surface area contributed by atoms with Gasteiger partial charge in [0, 0.05) is 6.54 Å². The average Bonchev–Trinajstić information content (AvgIpc) is 2.59. The van der Waals surface area contributed by atoms with Crippen LogP contribution in [0.5, 0.6) is 0 Å². The summed E-state index contributed by atoms with van der Waals surface area (Å²) in [6.07, 6.45) is 1.76. The van der Waals surface area contributed by atoms with E-state index in [0.717, 1.165) is 18.7 Å². The summed E-state index contributed by atoms with van der Waals surface area (Å²) in [6, 6.07) is 10.5. The van der Waals surface area contributed by atoms with Crippen molar-refractivity contribution in [2.75, 3.05) is 16.8 Å². The number of para-hydroxylation sites is 2. The number of hydrogen-bond acceptors (Lipinski definition) is 3. The van der Waals surface area contributed by atoms with Crippen LogP contribution in [0, 0.1) is 11.3 Å². The van der Waals surface area contributed by atoms with Crippen LogP contribution in [0.25, 0.3) is 0 Å². The molecule has 1 aliphatic heterocycles. The Morgan fingerprint density at radius 3 is 3.00 bits per heavy atom. The summed E-state index contributed by atoms with van der Waals surface area (Å²) in [5, 5.41) is 12.1. The lowest BCUT2D eigenvalue weighted by molar-refractivity contribution is 0.673. The second-order valence-corrected chi connectivity index (χ2v) is 3.73. The van der Waals surface area contributed by atoms with Crippen molar-refractivity contribution in [2.24, 2.45) is 0 Å². The van der Waals surface area contributed by atoms with Crippen LogP contribution >= 0.6 is 0 Å². The standard InChI is InChI=1S/C12H15N3/c1-2-9-15-11-6-4-3-5-10(11)14-12(15)7-8-13/h3-6,12,14H,2,7,9H2,1H3. The van der Waals surface area contributed by atoms with Gasteiger partial charge in [0.2, 0.25) is 0 Å². The highest BCUT2D eigenvalue weighted by Crippen LogP contribution is 2.34. The topological polar surface area (TPSA) is 39.1 Å². The Hall–Kier alpha value is -1.69. The van der Waals surface area contributed by atoms with Gasteiger partial charge >= 0.3 is 0 Å².